The van der Waals surface area contributed by atoms with Crippen LogP contribution in [0.2, 0.25) is 0 Å². The maximum absolute atomic E-state index is 12.6. The highest BCUT2D eigenvalue weighted by Crippen LogP contribution is 2.20. The molecule has 33 heavy (non-hydrogen) atoms. The van der Waals surface area contributed by atoms with Crippen molar-refractivity contribution in [2.24, 2.45) is 0 Å². The fraction of sp³-hybridized carbons (Fsp3) is 0.192. The second-order valence-corrected chi connectivity index (χ2v) is 8.08. The number of nitrogens with zero attached hydrogens (tertiary/aromatic N) is 3. The summed E-state index contributed by atoms with van der Waals surface area (Å²) in [5.74, 6) is 0.571. The summed E-state index contributed by atoms with van der Waals surface area (Å²) in [5, 5.41) is 2.94. The second kappa shape index (κ2) is 9.16. The molecule has 0 radical (unpaired) electrons. The van der Waals surface area contributed by atoms with E-state index in [0.717, 1.165) is 17.6 Å². The number of imidazole rings is 1. The summed E-state index contributed by atoms with van der Waals surface area (Å²) < 4.78 is 7.98. The molecule has 1 atom stereocenters. The van der Waals surface area contributed by atoms with Crippen molar-refractivity contribution in [3.63, 3.8) is 0 Å². The minimum Gasteiger partial charge on any atom is -0.489 e. The summed E-state index contributed by atoms with van der Waals surface area (Å²) in [6.07, 6.45) is 6.27. The molecule has 0 bridgehead atoms. The van der Waals surface area contributed by atoms with Crippen LogP contribution in [-0.2, 0) is 6.54 Å². The maximum Gasteiger partial charge on any atom is 0.253 e. The van der Waals surface area contributed by atoms with Crippen molar-refractivity contribution >= 4 is 17.5 Å². The van der Waals surface area contributed by atoms with Gasteiger partial charge in [-0.05, 0) is 54.1 Å². The van der Waals surface area contributed by atoms with Gasteiger partial charge in [0.15, 0.2) is 0 Å². The number of hydrogen-bond acceptors (Lipinski definition) is 4. The predicted molar refractivity (Wildman–Crippen MR) is 124 cm³/mol. The molecule has 0 aliphatic carbocycles. The standard InChI is InChI=1S/C26H24N4O3/c31-25(28-17-19-10-13-29-15-12-27-24(29)16-19)20-6-8-22(9-7-20)33-23-11-14-30(18-23)26(32)21-4-2-1-3-5-21/h1-10,12-13,15-16,23H,11,14,17-18H2,(H,28,31)/t23-/m1/s1. The third kappa shape index (κ3) is 4.72. The molecule has 2 amide bonds. The third-order valence-corrected chi connectivity index (χ3v) is 5.79. The van der Waals surface area contributed by atoms with E-state index >= 15 is 0 Å². The molecule has 166 valence electrons. The average molecular weight is 441 g/mol. The largest absolute Gasteiger partial charge is 0.489 e. The zero-order valence-corrected chi connectivity index (χ0v) is 18.1. The highest BCUT2D eigenvalue weighted by atomic mass is 16.5. The van der Waals surface area contributed by atoms with Crippen molar-refractivity contribution in [2.45, 2.75) is 19.1 Å². The number of fused-ring (bicyclic) bond motifs is 1. The Hall–Kier alpha value is -4.13. The van der Waals surface area contributed by atoms with Crippen LogP contribution in [0, 0.1) is 0 Å². The van der Waals surface area contributed by atoms with Crippen molar-refractivity contribution in [2.75, 3.05) is 13.1 Å². The number of ether oxygens (including phenoxy) is 1. The van der Waals surface area contributed by atoms with Gasteiger partial charge < -0.3 is 19.4 Å². The number of amides is 2. The van der Waals surface area contributed by atoms with Gasteiger partial charge >= 0.3 is 0 Å². The van der Waals surface area contributed by atoms with E-state index in [2.05, 4.69) is 10.3 Å². The van der Waals surface area contributed by atoms with E-state index in [-0.39, 0.29) is 17.9 Å². The molecule has 3 heterocycles. The van der Waals surface area contributed by atoms with E-state index in [1.54, 1.807) is 30.5 Å². The van der Waals surface area contributed by atoms with Crippen molar-refractivity contribution in [1.82, 2.24) is 19.6 Å². The molecule has 1 aliphatic heterocycles. The Labute approximate surface area is 191 Å². The predicted octanol–water partition coefficient (Wildman–Crippen LogP) is 3.56. The lowest BCUT2D eigenvalue weighted by Crippen LogP contribution is -2.30. The quantitative estimate of drug-likeness (QED) is 0.498. The smallest absolute Gasteiger partial charge is 0.253 e. The van der Waals surface area contributed by atoms with Crippen molar-refractivity contribution in [3.05, 3.63) is 102 Å². The van der Waals surface area contributed by atoms with Crippen LogP contribution in [0.15, 0.2) is 85.3 Å². The first kappa shape index (κ1) is 20.8. The van der Waals surface area contributed by atoms with E-state index in [1.807, 2.05) is 64.2 Å². The normalized spacial score (nSPS) is 15.5. The van der Waals surface area contributed by atoms with Gasteiger partial charge in [-0.3, -0.25) is 9.59 Å². The lowest BCUT2D eigenvalue weighted by Gasteiger charge is -2.17. The van der Waals surface area contributed by atoms with Gasteiger partial charge in [0.05, 0.1) is 6.54 Å². The molecular formula is C26H24N4O3. The van der Waals surface area contributed by atoms with Crippen LogP contribution >= 0.6 is 0 Å². The van der Waals surface area contributed by atoms with Crippen LogP contribution in [0.1, 0.15) is 32.7 Å². The first-order chi connectivity index (χ1) is 16.2. The molecule has 1 aliphatic rings. The minimum absolute atomic E-state index is 0.0284. The summed E-state index contributed by atoms with van der Waals surface area (Å²) in [7, 11) is 0. The first-order valence-electron chi connectivity index (χ1n) is 11.0. The number of carbonyl (C=O) groups excluding carboxylic acids is 2. The highest BCUT2D eigenvalue weighted by molar-refractivity contribution is 5.94. The lowest BCUT2D eigenvalue weighted by molar-refractivity contribution is 0.0772. The molecule has 5 rings (SSSR count). The van der Waals surface area contributed by atoms with Gasteiger partial charge in [0, 0.05) is 49.2 Å². The summed E-state index contributed by atoms with van der Waals surface area (Å²) in [6, 6.07) is 20.3. The van der Waals surface area contributed by atoms with Gasteiger partial charge in [0.1, 0.15) is 17.5 Å². The molecule has 1 saturated heterocycles. The molecule has 1 fully saturated rings. The van der Waals surface area contributed by atoms with Gasteiger partial charge in [-0.15, -0.1) is 0 Å². The van der Waals surface area contributed by atoms with Gasteiger partial charge in [-0.25, -0.2) is 4.98 Å². The average Bonchev–Trinajstić information content (AvgIpc) is 3.52. The Kier molecular flexibility index (Phi) is 5.76. The van der Waals surface area contributed by atoms with Crippen molar-refractivity contribution < 1.29 is 14.3 Å². The molecular weight excluding hydrogens is 416 g/mol. The van der Waals surface area contributed by atoms with Crippen LogP contribution in [-0.4, -0.2) is 45.3 Å². The number of aromatic nitrogens is 2. The Bertz CT molecular complexity index is 1270. The van der Waals surface area contributed by atoms with Crippen molar-refractivity contribution in [1.29, 1.82) is 0 Å². The van der Waals surface area contributed by atoms with Gasteiger partial charge in [0.25, 0.3) is 11.8 Å². The summed E-state index contributed by atoms with van der Waals surface area (Å²) in [4.78, 5) is 31.2. The molecule has 1 N–H and O–H groups in total. The monoisotopic (exact) mass is 440 g/mol. The van der Waals surface area contributed by atoms with E-state index in [0.29, 0.717) is 36.5 Å². The zero-order valence-electron chi connectivity index (χ0n) is 18.1. The molecule has 0 spiro atoms. The number of nitrogens with one attached hydrogen (secondary N) is 1. The van der Waals surface area contributed by atoms with Crippen LogP contribution < -0.4 is 10.1 Å². The van der Waals surface area contributed by atoms with Gasteiger partial charge in [-0.2, -0.15) is 0 Å². The maximum atomic E-state index is 12.6. The van der Waals surface area contributed by atoms with E-state index in [1.165, 1.54) is 0 Å². The fourth-order valence-electron chi connectivity index (χ4n) is 4.00. The van der Waals surface area contributed by atoms with Crippen LogP contribution in [0.5, 0.6) is 5.75 Å². The molecule has 7 heteroatoms. The topological polar surface area (TPSA) is 75.9 Å². The van der Waals surface area contributed by atoms with Crippen molar-refractivity contribution in [3.8, 4) is 5.75 Å². The van der Waals surface area contributed by atoms with Gasteiger partial charge in [0.2, 0.25) is 0 Å². The Morgan fingerprint density at radius 1 is 1.00 bits per heavy atom. The Morgan fingerprint density at radius 2 is 1.82 bits per heavy atom. The Balaban J connectivity index is 1.13. The molecule has 7 nitrogen and oxygen atoms in total. The summed E-state index contributed by atoms with van der Waals surface area (Å²) >= 11 is 0. The van der Waals surface area contributed by atoms with Crippen LogP contribution in [0.4, 0.5) is 0 Å². The number of hydrogen-bond donors (Lipinski definition) is 1. The van der Waals surface area contributed by atoms with E-state index in [9.17, 15) is 9.59 Å². The summed E-state index contributed by atoms with van der Waals surface area (Å²) in [6.45, 7) is 1.65. The number of carbonyl (C=O) groups is 2. The Morgan fingerprint density at radius 3 is 2.64 bits per heavy atom. The third-order valence-electron chi connectivity index (χ3n) is 5.79. The number of likely N-dealkylation sites (tertiary alicyclic amines) is 1. The van der Waals surface area contributed by atoms with E-state index < -0.39 is 0 Å². The van der Waals surface area contributed by atoms with E-state index in [4.69, 9.17) is 4.74 Å². The van der Waals surface area contributed by atoms with Crippen LogP contribution in [0.3, 0.4) is 0 Å². The molecule has 0 unspecified atom stereocenters. The fourth-order valence-corrected chi connectivity index (χ4v) is 4.00. The molecule has 2 aromatic carbocycles. The lowest BCUT2D eigenvalue weighted by atomic mass is 10.2. The second-order valence-electron chi connectivity index (χ2n) is 8.08. The number of benzene rings is 2. The highest BCUT2D eigenvalue weighted by Gasteiger charge is 2.28. The zero-order chi connectivity index (χ0) is 22.6. The molecule has 4 aromatic rings. The SMILES string of the molecule is O=C(NCc1ccn2ccnc2c1)c1ccc(O[C@@H]2CCN(C(=O)c3ccccc3)C2)cc1. The number of rotatable bonds is 6. The van der Waals surface area contributed by atoms with Crippen LogP contribution in [0.25, 0.3) is 5.65 Å². The van der Waals surface area contributed by atoms with Gasteiger partial charge in [-0.1, -0.05) is 18.2 Å². The first-order valence-corrected chi connectivity index (χ1v) is 11.0. The molecule has 2 aromatic heterocycles. The number of pyridine rings is 1. The molecule has 0 saturated carbocycles. The summed E-state index contributed by atoms with van der Waals surface area (Å²) in [5.41, 5.74) is 3.09. The minimum atomic E-state index is -0.148.